The number of nitrogens with one attached hydrogen (secondary N) is 2. The van der Waals surface area contributed by atoms with Crippen LogP contribution in [0.25, 0.3) is 0 Å². The van der Waals surface area contributed by atoms with Crippen molar-refractivity contribution in [2.24, 2.45) is 13.0 Å². The van der Waals surface area contributed by atoms with E-state index in [1.165, 1.54) is 17.0 Å². The van der Waals surface area contributed by atoms with Crippen LogP contribution < -0.4 is 15.8 Å². The Morgan fingerprint density at radius 3 is 2.53 bits per heavy atom. The zero-order chi connectivity index (χ0) is 27.2. The number of hydrogen-bond donors (Lipinski definition) is 2. The van der Waals surface area contributed by atoms with Gasteiger partial charge >= 0.3 is 6.18 Å². The molecule has 1 aliphatic heterocycles. The Labute approximate surface area is 218 Å². The minimum absolute atomic E-state index is 0.00718. The Hall–Kier alpha value is -3.56. The normalized spacial score (nSPS) is 18.6. The van der Waals surface area contributed by atoms with E-state index in [1.54, 1.807) is 59.8 Å². The van der Waals surface area contributed by atoms with Crippen LogP contribution in [0.5, 0.6) is 0 Å². The van der Waals surface area contributed by atoms with Gasteiger partial charge in [0.1, 0.15) is 11.9 Å². The second-order valence-electron chi connectivity index (χ2n) is 10.4. The third-order valence-electron chi connectivity index (χ3n) is 7.55. The number of imidazole rings is 1. The Balaban J connectivity index is 1.50. The molecule has 2 atom stereocenters. The van der Waals surface area contributed by atoms with Crippen LogP contribution in [-0.2, 0) is 13.6 Å². The molecule has 1 aromatic heterocycles. The molecule has 6 nitrogen and oxygen atoms in total. The van der Waals surface area contributed by atoms with E-state index in [4.69, 9.17) is 5.41 Å². The van der Waals surface area contributed by atoms with Crippen molar-refractivity contribution in [3.63, 3.8) is 0 Å². The molecule has 0 spiro atoms. The highest BCUT2D eigenvalue weighted by molar-refractivity contribution is 5.95. The minimum atomic E-state index is -4.38. The number of rotatable bonds is 7. The molecule has 2 heterocycles. The van der Waals surface area contributed by atoms with Crippen molar-refractivity contribution in [2.75, 3.05) is 11.4 Å². The van der Waals surface area contributed by atoms with E-state index < -0.39 is 12.2 Å². The van der Waals surface area contributed by atoms with Gasteiger partial charge in [-0.15, -0.1) is 0 Å². The lowest BCUT2D eigenvalue weighted by Crippen LogP contribution is -2.41. The van der Waals surface area contributed by atoms with Gasteiger partial charge in [-0.05, 0) is 79.5 Å². The smallest absolute Gasteiger partial charge is 0.360 e. The average molecular weight is 530 g/mol. The van der Waals surface area contributed by atoms with E-state index >= 15 is 0 Å². The van der Waals surface area contributed by atoms with Crippen molar-refractivity contribution in [3.8, 4) is 0 Å². The fourth-order valence-electron chi connectivity index (χ4n) is 5.32. The van der Waals surface area contributed by atoms with Crippen molar-refractivity contribution in [3.05, 3.63) is 82.5 Å². The van der Waals surface area contributed by atoms with E-state index in [2.05, 4.69) is 5.32 Å². The summed E-state index contributed by atoms with van der Waals surface area (Å²) in [5.74, 6) is -0.478. The molecule has 1 saturated heterocycles. The molecule has 3 aromatic rings. The third-order valence-corrected chi connectivity index (χ3v) is 7.55. The van der Waals surface area contributed by atoms with Gasteiger partial charge < -0.3 is 19.4 Å². The number of carbonyl (C=O) groups excluding carboxylic acids is 1. The van der Waals surface area contributed by atoms with Crippen molar-refractivity contribution in [1.29, 1.82) is 5.41 Å². The number of halogens is 4. The second kappa shape index (κ2) is 9.96. The van der Waals surface area contributed by atoms with E-state index in [-0.39, 0.29) is 54.4 Å². The predicted octanol–water partition coefficient (Wildman–Crippen LogP) is 5.21. The first-order valence-corrected chi connectivity index (χ1v) is 12.8. The number of aryl methyl sites for hydroxylation is 2. The summed E-state index contributed by atoms with van der Waals surface area (Å²) >= 11 is 0. The van der Waals surface area contributed by atoms with Gasteiger partial charge in [-0.25, -0.2) is 4.39 Å². The number of carbonyl (C=O) groups is 1. The Kier molecular flexibility index (Phi) is 6.83. The summed E-state index contributed by atoms with van der Waals surface area (Å²) in [5.41, 5.74) is 2.77. The molecule has 0 bridgehead atoms. The molecule has 10 heteroatoms. The maximum atomic E-state index is 13.9. The highest BCUT2D eigenvalue weighted by Gasteiger charge is 2.46. The van der Waals surface area contributed by atoms with Gasteiger partial charge in [0.2, 0.25) is 5.62 Å². The lowest BCUT2D eigenvalue weighted by Gasteiger charge is -2.29. The molecule has 38 heavy (non-hydrogen) atoms. The summed E-state index contributed by atoms with van der Waals surface area (Å²) in [7, 11) is 1.74. The zero-order valence-corrected chi connectivity index (χ0v) is 21.4. The maximum absolute atomic E-state index is 13.9. The Morgan fingerprint density at radius 2 is 1.89 bits per heavy atom. The summed E-state index contributed by atoms with van der Waals surface area (Å²) < 4.78 is 58.6. The molecule has 2 fully saturated rings. The van der Waals surface area contributed by atoms with E-state index in [0.717, 1.165) is 18.4 Å². The van der Waals surface area contributed by atoms with Crippen LogP contribution in [0.2, 0.25) is 0 Å². The van der Waals surface area contributed by atoms with Crippen molar-refractivity contribution in [2.45, 2.75) is 57.4 Å². The van der Waals surface area contributed by atoms with Gasteiger partial charge in [0.05, 0.1) is 12.6 Å². The Bertz CT molecular complexity index is 1400. The van der Waals surface area contributed by atoms with Gasteiger partial charge in [0.15, 0.2) is 0 Å². The highest BCUT2D eigenvalue weighted by Crippen LogP contribution is 2.42. The highest BCUT2D eigenvalue weighted by atomic mass is 19.4. The molecule has 2 aromatic carbocycles. The lowest BCUT2D eigenvalue weighted by atomic mass is 9.99. The molecule has 0 radical (unpaired) electrons. The SMILES string of the molecule is Cc1cc([C@@H](NC(=O)c2cc(Cn3ccn(C)c3=N)cc(N3CCC[C@H]3C(F)(F)F)c2)C2CC2)ccc1F. The molecule has 202 valence electrons. The topological polar surface area (TPSA) is 66.0 Å². The van der Waals surface area contributed by atoms with Gasteiger partial charge in [-0.1, -0.05) is 12.1 Å². The third kappa shape index (κ3) is 5.35. The lowest BCUT2D eigenvalue weighted by molar-refractivity contribution is -0.145. The first-order chi connectivity index (χ1) is 18.0. The molecule has 1 saturated carbocycles. The van der Waals surface area contributed by atoms with Crippen LogP contribution >= 0.6 is 0 Å². The quantitative estimate of drug-likeness (QED) is 0.413. The van der Waals surface area contributed by atoms with Gasteiger partial charge in [0, 0.05) is 37.2 Å². The van der Waals surface area contributed by atoms with Crippen molar-refractivity contribution < 1.29 is 22.4 Å². The van der Waals surface area contributed by atoms with Crippen LogP contribution in [0.15, 0.2) is 48.8 Å². The largest absolute Gasteiger partial charge is 0.408 e. The number of amides is 1. The van der Waals surface area contributed by atoms with Gasteiger partial charge in [-0.2, -0.15) is 13.2 Å². The molecule has 0 unspecified atom stereocenters. The summed E-state index contributed by atoms with van der Waals surface area (Å²) in [6, 6.07) is 7.77. The van der Waals surface area contributed by atoms with Crippen LogP contribution in [-0.4, -0.2) is 33.8 Å². The van der Waals surface area contributed by atoms with Crippen LogP contribution in [0.1, 0.15) is 58.8 Å². The maximum Gasteiger partial charge on any atom is 0.408 e. The fourth-order valence-corrected chi connectivity index (χ4v) is 5.32. The summed E-state index contributed by atoms with van der Waals surface area (Å²) in [5, 5.41) is 11.3. The first kappa shape index (κ1) is 26.1. The van der Waals surface area contributed by atoms with Crippen LogP contribution in [0.3, 0.4) is 0 Å². The first-order valence-electron chi connectivity index (χ1n) is 12.8. The number of nitrogens with zero attached hydrogens (tertiary/aromatic N) is 3. The summed E-state index contributed by atoms with van der Waals surface area (Å²) in [6.07, 6.45) is 1.36. The molecule has 5 rings (SSSR count). The molecule has 2 aliphatic rings. The van der Waals surface area contributed by atoms with E-state index in [1.807, 2.05) is 0 Å². The average Bonchev–Trinajstić information content (AvgIpc) is 3.49. The van der Waals surface area contributed by atoms with Crippen molar-refractivity contribution >= 4 is 11.6 Å². The number of aromatic nitrogens is 2. The standard InChI is InChI=1S/C28H31F4N5O/c1-17-12-20(7-8-23(17)29)25(19-5-6-19)34-26(38)21-13-18(16-36-11-10-35(2)27(36)33)14-22(15-21)37-9-3-4-24(37)28(30,31)32/h7-8,10-15,19,24-25,33H,3-6,9,16H2,1-2H3,(H,34,38)/t24-,25-/m0/s1. The molecule has 1 amide bonds. The number of benzene rings is 2. The second-order valence-corrected chi connectivity index (χ2v) is 10.4. The molecular formula is C28H31F4N5O. The number of alkyl halides is 3. The van der Waals surface area contributed by atoms with Gasteiger partial charge in [0.25, 0.3) is 5.91 Å². The molecule has 1 aliphatic carbocycles. The minimum Gasteiger partial charge on any atom is -0.360 e. The predicted molar refractivity (Wildman–Crippen MR) is 135 cm³/mol. The number of hydrogen-bond acceptors (Lipinski definition) is 3. The molecular weight excluding hydrogens is 498 g/mol. The summed E-state index contributed by atoms with van der Waals surface area (Å²) in [4.78, 5) is 14.9. The van der Waals surface area contributed by atoms with Gasteiger partial charge in [-0.3, -0.25) is 10.2 Å². The zero-order valence-electron chi connectivity index (χ0n) is 21.4. The van der Waals surface area contributed by atoms with Crippen LogP contribution in [0.4, 0.5) is 23.2 Å². The van der Waals surface area contributed by atoms with Crippen molar-refractivity contribution in [1.82, 2.24) is 14.5 Å². The number of anilines is 1. The Morgan fingerprint density at radius 1 is 1.13 bits per heavy atom. The van der Waals surface area contributed by atoms with Crippen LogP contribution in [0, 0.1) is 24.1 Å². The fraction of sp³-hybridized carbons (Fsp3) is 0.429. The summed E-state index contributed by atoms with van der Waals surface area (Å²) in [6.45, 7) is 2.16. The van der Waals surface area contributed by atoms with E-state index in [0.29, 0.717) is 23.2 Å². The molecule has 2 N–H and O–H groups in total. The van der Waals surface area contributed by atoms with E-state index in [9.17, 15) is 22.4 Å². The monoisotopic (exact) mass is 529 g/mol.